The molecule has 2 amide bonds. The fraction of sp³-hybridized carbons (Fsp3) is 0.667. The highest BCUT2D eigenvalue weighted by Gasteiger charge is 2.54. The minimum absolute atomic E-state index is 0.0270. The van der Waals surface area contributed by atoms with Gasteiger partial charge in [-0.25, -0.2) is 0 Å². The lowest BCUT2D eigenvalue weighted by Crippen LogP contribution is -2.54. The predicted octanol–water partition coefficient (Wildman–Crippen LogP) is 1.97. The van der Waals surface area contributed by atoms with Crippen molar-refractivity contribution in [2.75, 3.05) is 32.7 Å². The summed E-state index contributed by atoms with van der Waals surface area (Å²) < 4.78 is 0. The van der Waals surface area contributed by atoms with Crippen LogP contribution in [0.5, 0.6) is 0 Å². The van der Waals surface area contributed by atoms with E-state index < -0.39 is 6.10 Å². The molecule has 0 aromatic heterocycles. The number of piperidine rings is 1. The molecule has 6 nitrogen and oxygen atoms in total. The summed E-state index contributed by atoms with van der Waals surface area (Å²) in [5.41, 5.74) is 2.06. The molecule has 2 N–H and O–H groups in total. The number of likely N-dealkylation sites (tertiary alicyclic amines) is 1. The molecule has 5 rings (SSSR count). The van der Waals surface area contributed by atoms with E-state index in [1.807, 2.05) is 11.0 Å². The Kier molecular flexibility index (Phi) is 5.31. The number of piperazine rings is 1. The van der Waals surface area contributed by atoms with Crippen molar-refractivity contribution < 1.29 is 14.7 Å². The second-order valence-corrected chi connectivity index (χ2v) is 9.69. The van der Waals surface area contributed by atoms with Crippen LogP contribution in [0.2, 0.25) is 0 Å². The fourth-order valence-electron chi connectivity index (χ4n) is 6.44. The standard InChI is InChI=1S/C24H33N3O3/c28-20-16-27(14-11-25-20)22-18-7-3-4-8-19(18)24(23(22)30)9-12-26(13-10-24)21(29)15-17-5-1-2-6-17/h3-4,7-8,17,22-23,30H,1-2,5-6,9-16H2,(H,25,28)/t22-,23+/m1/s1. The molecular formula is C24H33N3O3. The highest BCUT2D eigenvalue weighted by Crippen LogP contribution is 2.53. The topological polar surface area (TPSA) is 72.9 Å². The zero-order valence-electron chi connectivity index (χ0n) is 17.7. The van der Waals surface area contributed by atoms with Gasteiger partial charge in [0.05, 0.1) is 18.7 Å². The molecule has 6 heteroatoms. The summed E-state index contributed by atoms with van der Waals surface area (Å²) in [6, 6.07) is 8.20. The van der Waals surface area contributed by atoms with Crippen molar-refractivity contribution in [2.45, 2.75) is 62.5 Å². The highest BCUT2D eigenvalue weighted by atomic mass is 16.3. The summed E-state index contributed by atoms with van der Waals surface area (Å²) >= 11 is 0. The van der Waals surface area contributed by atoms with Gasteiger partial charge in [-0.05, 0) is 42.7 Å². The lowest BCUT2D eigenvalue weighted by molar-refractivity contribution is -0.135. The van der Waals surface area contributed by atoms with Gasteiger partial charge in [0.15, 0.2) is 0 Å². The van der Waals surface area contributed by atoms with Gasteiger partial charge >= 0.3 is 0 Å². The van der Waals surface area contributed by atoms with Gasteiger partial charge in [-0.3, -0.25) is 14.5 Å². The first-order valence-electron chi connectivity index (χ1n) is 11.6. The summed E-state index contributed by atoms with van der Waals surface area (Å²) in [6.07, 6.45) is 6.64. The summed E-state index contributed by atoms with van der Waals surface area (Å²) in [7, 11) is 0. The van der Waals surface area contributed by atoms with Gasteiger partial charge in [-0.15, -0.1) is 0 Å². The molecule has 30 heavy (non-hydrogen) atoms. The van der Waals surface area contributed by atoms with Crippen molar-refractivity contribution in [3.63, 3.8) is 0 Å². The van der Waals surface area contributed by atoms with E-state index in [9.17, 15) is 14.7 Å². The molecule has 1 aromatic carbocycles. The van der Waals surface area contributed by atoms with Gasteiger partial charge in [-0.2, -0.15) is 0 Å². The number of hydrogen-bond donors (Lipinski definition) is 2. The third kappa shape index (κ3) is 3.34. The molecule has 162 valence electrons. The molecule has 1 aromatic rings. The number of benzene rings is 1. The molecule has 4 aliphatic rings. The van der Waals surface area contributed by atoms with Crippen molar-refractivity contribution >= 4 is 11.8 Å². The fourth-order valence-corrected chi connectivity index (χ4v) is 6.44. The van der Waals surface area contributed by atoms with Gasteiger partial charge in [0.1, 0.15) is 0 Å². The Morgan fingerprint density at radius 2 is 1.87 bits per heavy atom. The molecule has 3 fully saturated rings. The van der Waals surface area contributed by atoms with E-state index in [0.29, 0.717) is 44.4 Å². The van der Waals surface area contributed by atoms with E-state index in [4.69, 9.17) is 0 Å². The Balaban J connectivity index is 1.34. The van der Waals surface area contributed by atoms with Crippen LogP contribution >= 0.6 is 0 Å². The van der Waals surface area contributed by atoms with Gasteiger partial charge < -0.3 is 15.3 Å². The number of amides is 2. The monoisotopic (exact) mass is 411 g/mol. The number of nitrogens with zero attached hydrogens (tertiary/aromatic N) is 2. The van der Waals surface area contributed by atoms with Gasteiger partial charge in [0.2, 0.25) is 11.8 Å². The van der Waals surface area contributed by atoms with Crippen LogP contribution in [0.4, 0.5) is 0 Å². The second-order valence-electron chi connectivity index (χ2n) is 9.69. The number of fused-ring (bicyclic) bond motifs is 2. The molecule has 2 saturated heterocycles. The summed E-state index contributed by atoms with van der Waals surface area (Å²) in [5, 5.41) is 14.5. The lowest BCUT2D eigenvalue weighted by atomic mass is 9.72. The van der Waals surface area contributed by atoms with Crippen molar-refractivity contribution in [1.29, 1.82) is 0 Å². The normalized spacial score (nSPS) is 29.2. The Hall–Kier alpha value is -1.92. The van der Waals surface area contributed by atoms with E-state index in [-0.39, 0.29) is 17.4 Å². The summed E-state index contributed by atoms with van der Waals surface area (Å²) in [4.78, 5) is 29.0. The number of carbonyl (C=O) groups excluding carboxylic acids is 2. The predicted molar refractivity (Wildman–Crippen MR) is 114 cm³/mol. The van der Waals surface area contributed by atoms with Gasteiger partial charge in [0.25, 0.3) is 0 Å². The van der Waals surface area contributed by atoms with Crippen LogP contribution in [-0.4, -0.2) is 65.5 Å². The lowest BCUT2D eigenvalue weighted by Gasteiger charge is -2.44. The Morgan fingerprint density at radius 3 is 2.60 bits per heavy atom. The average Bonchev–Trinajstić information content (AvgIpc) is 3.34. The SMILES string of the molecule is O=C1CN([C@@H]2c3ccccc3C3(CCN(C(=O)CC4CCCC4)CC3)[C@H]2O)CCN1. The van der Waals surface area contributed by atoms with Crippen LogP contribution in [0.15, 0.2) is 24.3 Å². The zero-order chi connectivity index (χ0) is 20.7. The Morgan fingerprint density at radius 1 is 1.13 bits per heavy atom. The zero-order valence-corrected chi connectivity index (χ0v) is 17.7. The average molecular weight is 412 g/mol. The van der Waals surface area contributed by atoms with Crippen LogP contribution < -0.4 is 5.32 Å². The molecule has 0 bridgehead atoms. The molecule has 0 unspecified atom stereocenters. The van der Waals surface area contributed by atoms with Crippen molar-refractivity contribution in [3.05, 3.63) is 35.4 Å². The Bertz CT molecular complexity index is 812. The Labute approximate surface area is 178 Å². The van der Waals surface area contributed by atoms with Crippen molar-refractivity contribution in [1.82, 2.24) is 15.1 Å². The molecule has 2 heterocycles. The van der Waals surface area contributed by atoms with Gasteiger partial charge in [0, 0.05) is 38.0 Å². The van der Waals surface area contributed by atoms with Crippen LogP contribution in [-0.2, 0) is 15.0 Å². The first-order valence-corrected chi connectivity index (χ1v) is 11.6. The molecular weight excluding hydrogens is 378 g/mol. The number of aliphatic hydroxyl groups excluding tert-OH is 1. The molecule has 2 aliphatic carbocycles. The maximum Gasteiger partial charge on any atom is 0.234 e. The van der Waals surface area contributed by atoms with Crippen LogP contribution in [0, 0.1) is 5.92 Å². The minimum Gasteiger partial charge on any atom is -0.390 e. The van der Waals surface area contributed by atoms with E-state index in [1.165, 1.54) is 31.2 Å². The number of carbonyl (C=O) groups is 2. The number of hydrogen-bond acceptors (Lipinski definition) is 4. The largest absolute Gasteiger partial charge is 0.390 e. The second kappa shape index (κ2) is 7.97. The first-order chi connectivity index (χ1) is 14.6. The molecule has 1 saturated carbocycles. The van der Waals surface area contributed by atoms with Crippen LogP contribution in [0.25, 0.3) is 0 Å². The number of nitrogens with one attached hydrogen (secondary N) is 1. The minimum atomic E-state index is -0.548. The molecule has 0 radical (unpaired) electrons. The smallest absolute Gasteiger partial charge is 0.234 e. The molecule has 1 spiro atoms. The first kappa shape index (κ1) is 20.0. The van der Waals surface area contributed by atoms with Crippen LogP contribution in [0.3, 0.4) is 0 Å². The highest BCUT2D eigenvalue weighted by molar-refractivity contribution is 5.79. The number of aliphatic hydroxyl groups is 1. The van der Waals surface area contributed by atoms with E-state index >= 15 is 0 Å². The van der Waals surface area contributed by atoms with Crippen molar-refractivity contribution in [3.8, 4) is 0 Å². The number of rotatable bonds is 3. The van der Waals surface area contributed by atoms with Crippen molar-refractivity contribution in [2.24, 2.45) is 5.92 Å². The maximum absolute atomic E-state index is 12.8. The maximum atomic E-state index is 12.8. The summed E-state index contributed by atoms with van der Waals surface area (Å²) in [5.74, 6) is 0.891. The van der Waals surface area contributed by atoms with E-state index in [1.54, 1.807) is 0 Å². The van der Waals surface area contributed by atoms with Crippen LogP contribution in [0.1, 0.15) is 62.1 Å². The van der Waals surface area contributed by atoms with Gasteiger partial charge in [-0.1, -0.05) is 37.1 Å². The quantitative estimate of drug-likeness (QED) is 0.798. The van der Waals surface area contributed by atoms with E-state index in [2.05, 4.69) is 28.4 Å². The molecule has 2 atom stereocenters. The van der Waals surface area contributed by atoms with E-state index in [0.717, 1.165) is 24.9 Å². The third-order valence-electron chi connectivity index (χ3n) is 8.09. The summed E-state index contributed by atoms with van der Waals surface area (Å²) in [6.45, 7) is 3.14. The third-order valence-corrected chi connectivity index (χ3v) is 8.09. The molecule has 2 aliphatic heterocycles.